The van der Waals surface area contributed by atoms with E-state index in [-0.39, 0.29) is 17.6 Å². The summed E-state index contributed by atoms with van der Waals surface area (Å²) in [4.78, 5) is 12.0. The monoisotopic (exact) mass is 337 g/mol. The van der Waals surface area contributed by atoms with Gasteiger partial charge in [-0.2, -0.15) is 5.10 Å². The molecule has 2 aromatic rings. The second-order valence-electron chi connectivity index (χ2n) is 4.41. The zero-order chi connectivity index (χ0) is 13.9. The highest BCUT2D eigenvalue weighted by Crippen LogP contribution is 2.10. The van der Waals surface area contributed by atoms with Gasteiger partial charge in [0.25, 0.3) is 5.91 Å². The highest BCUT2D eigenvalue weighted by molar-refractivity contribution is 9.10. The quantitative estimate of drug-likeness (QED) is 0.901. The van der Waals surface area contributed by atoms with E-state index in [1.807, 2.05) is 0 Å². The highest BCUT2D eigenvalue weighted by Gasteiger charge is 2.19. The number of rotatable bonds is 3. The molecule has 0 saturated carbocycles. The Labute approximate surface area is 123 Å². The molecule has 0 bridgehead atoms. The predicted molar refractivity (Wildman–Crippen MR) is 73.5 cm³/mol. The number of amides is 1. The van der Waals surface area contributed by atoms with Crippen LogP contribution < -0.4 is 5.32 Å². The van der Waals surface area contributed by atoms with Crippen molar-refractivity contribution in [1.82, 2.24) is 25.3 Å². The number of carbonyl (C=O) groups excluding carboxylic acids is 1. The van der Waals surface area contributed by atoms with Crippen molar-refractivity contribution in [1.29, 1.82) is 0 Å². The molecular formula is C12H12BrN5O2. The van der Waals surface area contributed by atoms with E-state index in [0.29, 0.717) is 19.0 Å². The molecule has 0 spiro atoms. The van der Waals surface area contributed by atoms with Gasteiger partial charge >= 0.3 is 0 Å². The van der Waals surface area contributed by atoms with E-state index in [4.69, 9.17) is 4.74 Å². The van der Waals surface area contributed by atoms with Crippen LogP contribution in [0.4, 0.5) is 0 Å². The van der Waals surface area contributed by atoms with Crippen LogP contribution in [0.2, 0.25) is 0 Å². The van der Waals surface area contributed by atoms with Gasteiger partial charge in [0, 0.05) is 12.8 Å². The Hall–Kier alpha value is -1.80. The normalized spacial score (nSPS) is 18.1. The van der Waals surface area contributed by atoms with E-state index in [2.05, 4.69) is 36.5 Å². The number of nitrogens with zero attached hydrogens (tertiary/aromatic N) is 4. The molecule has 1 N–H and O–H groups in total. The molecule has 20 heavy (non-hydrogen) atoms. The molecule has 1 amide bonds. The maximum Gasteiger partial charge on any atom is 0.272 e. The minimum atomic E-state index is -0.235. The Morgan fingerprint density at radius 1 is 1.45 bits per heavy atom. The Balaban J connectivity index is 1.70. The molecule has 0 aliphatic carbocycles. The summed E-state index contributed by atoms with van der Waals surface area (Å²) >= 11 is 3.31. The van der Waals surface area contributed by atoms with Crippen LogP contribution in [0.1, 0.15) is 16.9 Å². The number of aromatic nitrogens is 4. The number of nitrogens with one attached hydrogen (secondary N) is 1. The van der Waals surface area contributed by atoms with Crippen LogP contribution in [0, 0.1) is 0 Å². The second-order valence-corrected chi connectivity index (χ2v) is 5.33. The van der Waals surface area contributed by atoms with Crippen molar-refractivity contribution in [2.75, 3.05) is 13.2 Å². The Morgan fingerprint density at radius 2 is 2.35 bits per heavy atom. The predicted octanol–water partition coefficient (Wildman–Crippen LogP) is 0.944. The molecule has 3 rings (SSSR count). The summed E-state index contributed by atoms with van der Waals surface area (Å²) in [5.74, 6) is 0.317. The summed E-state index contributed by atoms with van der Waals surface area (Å²) in [7, 11) is 0. The fraction of sp³-hybridized carbons (Fsp3) is 0.333. The first-order valence-corrected chi connectivity index (χ1v) is 6.94. The molecule has 1 atom stereocenters. The van der Waals surface area contributed by atoms with Crippen molar-refractivity contribution in [2.24, 2.45) is 0 Å². The van der Waals surface area contributed by atoms with E-state index in [1.165, 1.54) is 0 Å². The molecule has 1 fully saturated rings. The molecule has 7 nitrogen and oxygen atoms in total. The van der Waals surface area contributed by atoms with E-state index < -0.39 is 0 Å². The largest absolute Gasteiger partial charge is 0.379 e. The van der Waals surface area contributed by atoms with Crippen LogP contribution in [0.3, 0.4) is 0 Å². The number of halogens is 1. The molecule has 1 aliphatic heterocycles. The summed E-state index contributed by atoms with van der Waals surface area (Å²) in [6.45, 7) is 1.24. The Morgan fingerprint density at radius 3 is 2.95 bits per heavy atom. The zero-order valence-corrected chi connectivity index (χ0v) is 12.1. The lowest BCUT2D eigenvalue weighted by atomic mass is 10.2. The van der Waals surface area contributed by atoms with E-state index in [1.54, 1.807) is 29.2 Å². The molecule has 2 aromatic heterocycles. The lowest BCUT2D eigenvalue weighted by Gasteiger charge is -2.09. The van der Waals surface area contributed by atoms with Crippen molar-refractivity contribution in [2.45, 2.75) is 12.5 Å². The van der Waals surface area contributed by atoms with Crippen molar-refractivity contribution in [3.8, 4) is 5.82 Å². The lowest BCUT2D eigenvalue weighted by Crippen LogP contribution is -2.35. The molecule has 104 valence electrons. The van der Waals surface area contributed by atoms with Crippen molar-refractivity contribution >= 4 is 21.8 Å². The smallest absolute Gasteiger partial charge is 0.272 e. The van der Waals surface area contributed by atoms with Gasteiger partial charge in [-0.15, -0.1) is 10.2 Å². The summed E-state index contributed by atoms with van der Waals surface area (Å²) in [6.07, 6.45) is 4.25. The number of hydrogen-bond donors (Lipinski definition) is 1. The Kier molecular flexibility index (Phi) is 3.75. The average molecular weight is 338 g/mol. The van der Waals surface area contributed by atoms with Crippen LogP contribution in [0.25, 0.3) is 5.82 Å². The molecular weight excluding hydrogens is 326 g/mol. The minimum absolute atomic E-state index is 0.0612. The van der Waals surface area contributed by atoms with Crippen LogP contribution in [-0.2, 0) is 4.74 Å². The summed E-state index contributed by atoms with van der Waals surface area (Å²) in [5.41, 5.74) is 0.284. The summed E-state index contributed by atoms with van der Waals surface area (Å²) in [5, 5.41) is 14.9. The van der Waals surface area contributed by atoms with Gasteiger partial charge in [0.1, 0.15) is 0 Å². The average Bonchev–Trinajstić information content (AvgIpc) is 3.10. The van der Waals surface area contributed by atoms with Gasteiger partial charge in [-0.3, -0.25) is 4.79 Å². The standard InChI is InChI=1S/C12H12BrN5O2/c13-8-5-14-18(6-8)11-2-1-10(16-17-11)12(19)15-9-3-4-20-7-9/h1-2,5-6,9H,3-4,7H2,(H,15,19). The summed E-state index contributed by atoms with van der Waals surface area (Å²) in [6, 6.07) is 3.39. The molecule has 1 aliphatic rings. The Bertz CT molecular complexity index is 607. The number of carbonyl (C=O) groups is 1. The number of ether oxygens (including phenoxy) is 1. The van der Waals surface area contributed by atoms with Gasteiger partial charge in [-0.25, -0.2) is 4.68 Å². The zero-order valence-electron chi connectivity index (χ0n) is 10.5. The maximum absolute atomic E-state index is 12.0. The second kappa shape index (κ2) is 5.68. The maximum atomic E-state index is 12.0. The van der Waals surface area contributed by atoms with Gasteiger partial charge in [0.2, 0.25) is 0 Å². The van der Waals surface area contributed by atoms with E-state index in [0.717, 1.165) is 10.9 Å². The number of hydrogen-bond acceptors (Lipinski definition) is 5. The van der Waals surface area contributed by atoms with E-state index in [9.17, 15) is 4.79 Å². The molecule has 1 unspecified atom stereocenters. The van der Waals surface area contributed by atoms with Crippen LogP contribution in [0.15, 0.2) is 29.0 Å². The third-order valence-corrected chi connectivity index (χ3v) is 3.34. The fourth-order valence-corrected chi connectivity index (χ4v) is 2.19. The van der Waals surface area contributed by atoms with E-state index >= 15 is 0 Å². The topological polar surface area (TPSA) is 81.9 Å². The van der Waals surface area contributed by atoms with Gasteiger partial charge in [-0.1, -0.05) is 0 Å². The van der Waals surface area contributed by atoms with Gasteiger partial charge in [-0.05, 0) is 34.5 Å². The third-order valence-electron chi connectivity index (χ3n) is 2.93. The van der Waals surface area contributed by atoms with Crippen LogP contribution in [-0.4, -0.2) is 45.1 Å². The highest BCUT2D eigenvalue weighted by atomic mass is 79.9. The van der Waals surface area contributed by atoms with Gasteiger partial charge in [0.15, 0.2) is 11.5 Å². The lowest BCUT2D eigenvalue weighted by molar-refractivity contribution is 0.0924. The minimum Gasteiger partial charge on any atom is -0.379 e. The summed E-state index contributed by atoms with van der Waals surface area (Å²) < 4.78 is 7.63. The SMILES string of the molecule is O=C(NC1CCOC1)c1ccc(-n2cc(Br)cn2)nn1. The molecule has 0 radical (unpaired) electrons. The van der Waals surface area contributed by atoms with Crippen molar-refractivity contribution < 1.29 is 9.53 Å². The first-order valence-electron chi connectivity index (χ1n) is 6.15. The molecule has 0 aromatic carbocycles. The third kappa shape index (κ3) is 2.86. The van der Waals surface area contributed by atoms with Crippen molar-refractivity contribution in [3.05, 3.63) is 34.7 Å². The fourth-order valence-electron chi connectivity index (χ4n) is 1.90. The van der Waals surface area contributed by atoms with Gasteiger partial charge in [0.05, 0.1) is 23.3 Å². The first-order chi connectivity index (χ1) is 9.72. The van der Waals surface area contributed by atoms with Crippen LogP contribution in [0.5, 0.6) is 0 Å². The molecule has 3 heterocycles. The molecule has 1 saturated heterocycles. The van der Waals surface area contributed by atoms with Crippen molar-refractivity contribution in [3.63, 3.8) is 0 Å². The molecule has 8 heteroatoms. The van der Waals surface area contributed by atoms with Gasteiger partial charge < -0.3 is 10.1 Å². The first kappa shape index (κ1) is 13.2. The van der Waals surface area contributed by atoms with Crippen LogP contribution >= 0.6 is 15.9 Å².